The maximum Gasteiger partial charge on any atom is 0.260 e. The van der Waals surface area contributed by atoms with Gasteiger partial charge in [-0.25, -0.2) is 28.3 Å². The Hall–Kier alpha value is -4.08. The number of halogens is 2. The molecule has 3 heterocycles. The van der Waals surface area contributed by atoms with Crippen LogP contribution in [0.15, 0.2) is 66.2 Å². The van der Waals surface area contributed by atoms with Gasteiger partial charge in [0.2, 0.25) is 11.9 Å². The van der Waals surface area contributed by atoms with Crippen LogP contribution in [-0.4, -0.2) is 64.1 Å². The molecule has 0 saturated heterocycles. The summed E-state index contributed by atoms with van der Waals surface area (Å²) < 4.78 is 31.0. The fraction of sp³-hybridized carbons (Fsp3) is 0.250. The molecule has 2 amide bonds. The number of hydrogen-bond acceptors (Lipinski definition) is 9. The summed E-state index contributed by atoms with van der Waals surface area (Å²) in [5.41, 5.74) is 6.91. The standard InChI is InChI=1S/C28H28Cl2N8O5S/c1-16(25(40)33-7-8-39)36-44(42,43)23-14-34-27-37(21-10-19(29)9-20(30)11-21)26(41)28(2,38(23)27)12-17-3-5-18(6-4-17)22-13-32-15-35-24(22)31/h3-6,9-11,13-16,36,39H,7-8,12H2,1-2H3,(H,33,40)(H2,31,32,35). The molecule has 0 spiro atoms. The van der Waals surface area contributed by atoms with Crippen molar-refractivity contribution in [2.45, 2.75) is 36.9 Å². The van der Waals surface area contributed by atoms with Crippen molar-refractivity contribution < 1.29 is 23.1 Å². The number of amides is 2. The van der Waals surface area contributed by atoms with Crippen LogP contribution in [-0.2, 0) is 31.6 Å². The van der Waals surface area contributed by atoms with Crippen molar-refractivity contribution in [2.24, 2.45) is 0 Å². The minimum atomic E-state index is -4.40. The molecule has 0 fully saturated rings. The lowest BCUT2D eigenvalue weighted by Gasteiger charge is -2.27. The van der Waals surface area contributed by atoms with Crippen molar-refractivity contribution in [1.29, 1.82) is 0 Å². The molecule has 5 N–H and O–H groups in total. The summed E-state index contributed by atoms with van der Waals surface area (Å²) in [5.74, 6) is -0.776. The number of nitrogens with zero attached hydrogens (tertiary/aromatic N) is 5. The molecule has 5 rings (SSSR count). The summed E-state index contributed by atoms with van der Waals surface area (Å²) in [4.78, 5) is 40.3. The highest BCUT2D eigenvalue weighted by molar-refractivity contribution is 7.89. The first-order valence-corrected chi connectivity index (χ1v) is 15.5. The topological polar surface area (TPSA) is 185 Å². The van der Waals surface area contributed by atoms with E-state index in [1.165, 1.54) is 40.9 Å². The van der Waals surface area contributed by atoms with E-state index in [-0.39, 0.29) is 40.6 Å². The zero-order chi connectivity index (χ0) is 31.8. The molecule has 1 aliphatic rings. The van der Waals surface area contributed by atoms with Gasteiger partial charge in [-0.2, -0.15) is 4.72 Å². The second-order valence-electron chi connectivity index (χ2n) is 10.3. The number of sulfonamides is 1. The number of rotatable bonds is 10. The highest BCUT2D eigenvalue weighted by Gasteiger charge is 2.52. The largest absolute Gasteiger partial charge is 0.395 e. The molecule has 2 unspecified atom stereocenters. The number of aliphatic hydroxyl groups excluding tert-OH is 1. The van der Waals surface area contributed by atoms with Crippen LogP contribution in [0.1, 0.15) is 19.4 Å². The highest BCUT2D eigenvalue weighted by Crippen LogP contribution is 2.44. The van der Waals surface area contributed by atoms with Crippen molar-refractivity contribution in [1.82, 2.24) is 29.6 Å². The van der Waals surface area contributed by atoms with Crippen LogP contribution >= 0.6 is 23.2 Å². The molecular formula is C28H28Cl2N8O5S. The molecule has 0 aliphatic carbocycles. The molecular weight excluding hydrogens is 631 g/mol. The third-order valence-corrected chi connectivity index (χ3v) is 9.08. The van der Waals surface area contributed by atoms with Crippen LogP contribution in [0.4, 0.5) is 17.5 Å². The van der Waals surface area contributed by atoms with Crippen LogP contribution in [0.25, 0.3) is 11.1 Å². The Morgan fingerprint density at radius 3 is 2.43 bits per heavy atom. The van der Waals surface area contributed by atoms with E-state index in [0.717, 1.165) is 11.8 Å². The lowest BCUT2D eigenvalue weighted by molar-refractivity contribution is -0.124. The second kappa shape index (κ2) is 12.1. The number of benzene rings is 2. The fourth-order valence-electron chi connectivity index (χ4n) is 5.06. The first kappa shape index (κ1) is 31.3. The average molecular weight is 660 g/mol. The van der Waals surface area contributed by atoms with Crippen molar-refractivity contribution >= 4 is 62.5 Å². The van der Waals surface area contributed by atoms with E-state index in [0.29, 0.717) is 22.6 Å². The van der Waals surface area contributed by atoms with Crippen molar-refractivity contribution in [3.8, 4) is 11.1 Å². The quantitative estimate of drug-likeness (QED) is 0.199. The van der Waals surface area contributed by atoms with Gasteiger partial charge in [-0.3, -0.25) is 14.2 Å². The number of hydrogen-bond donors (Lipinski definition) is 4. The summed E-state index contributed by atoms with van der Waals surface area (Å²) in [6, 6.07) is 10.6. The number of anilines is 3. The zero-order valence-electron chi connectivity index (χ0n) is 23.5. The Balaban J connectivity index is 1.57. The van der Waals surface area contributed by atoms with Gasteiger partial charge in [0, 0.05) is 34.8 Å². The number of nitrogens with one attached hydrogen (secondary N) is 2. The fourth-order valence-corrected chi connectivity index (χ4v) is 6.98. The summed E-state index contributed by atoms with van der Waals surface area (Å²) in [5, 5.41) is 11.6. The third-order valence-electron chi connectivity index (χ3n) is 7.14. The van der Waals surface area contributed by atoms with E-state index in [1.54, 1.807) is 25.3 Å². The maximum absolute atomic E-state index is 14.3. The van der Waals surface area contributed by atoms with Gasteiger partial charge >= 0.3 is 0 Å². The van der Waals surface area contributed by atoms with E-state index in [2.05, 4.69) is 25.0 Å². The number of imidazole rings is 1. The van der Waals surface area contributed by atoms with Crippen LogP contribution in [0.2, 0.25) is 10.0 Å². The Morgan fingerprint density at radius 1 is 1.11 bits per heavy atom. The molecule has 1 aliphatic heterocycles. The van der Waals surface area contributed by atoms with Gasteiger partial charge in [0.25, 0.3) is 15.9 Å². The first-order valence-electron chi connectivity index (χ1n) is 13.3. The van der Waals surface area contributed by atoms with Gasteiger partial charge in [0.1, 0.15) is 17.7 Å². The van der Waals surface area contributed by atoms with Crippen LogP contribution in [0.5, 0.6) is 0 Å². The van der Waals surface area contributed by atoms with Gasteiger partial charge in [-0.05, 0) is 43.2 Å². The molecule has 13 nitrogen and oxygen atoms in total. The molecule has 2 atom stereocenters. The van der Waals surface area contributed by atoms with Crippen molar-refractivity contribution in [3.05, 3.63) is 76.8 Å². The number of nitrogen functional groups attached to an aromatic ring is 1. The van der Waals surface area contributed by atoms with E-state index in [4.69, 9.17) is 34.0 Å². The molecule has 2 aromatic heterocycles. The Morgan fingerprint density at radius 2 is 1.80 bits per heavy atom. The SMILES string of the molecule is CC(NS(=O)(=O)c1cnc2n1C(C)(Cc1ccc(-c3cncnc3N)cc1)C(=O)N2c1cc(Cl)cc(Cl)c1)C(=O)NCCO. The predicted octanol–water partition coefficient (Wildman–Crippen LogP) is 2.64. The number of nitrogens with two attached hydrogens (primary N) is 1. The van der Waals surface area contributed by atoms with Gasteiger partial charge in [0.05, 0.1) is 24.5 Å². The Labute approximate surface area is 263 Å². The Kier molecular flexibility index (Phi) is 8.64. The van der Waals surface area contributed by atoms with Gasteiger partial charge in [-0.15, -0.1) is 0 Å². The van der Waals surface area contributed by atoms with Crippen LogP contribution < -0.4 is 20.7 Å². The molecule has 0 saturated carbocycles. The summed E-state index contributed by atoms with van der Waals surface area (Å²) in [6.07, 6.45) is 4.14. The van der Waals surface area contributed by atoms with E-state index in [1.807, 2.05) is 12.1 Å². The zero-order valence-corrected chi connectivity index (χ0v) is 25.9. The summed E-state index contributed by atoms with van der Waals surface area (Å²) >= 11 is 12.5. The summed E-state index contributed by atoms with van der Waals surface area (Å²) in [7, 11) is -4.40. The molecule has 230 valence electrons. The Bertz CT molecular complexity index is 1830. The predicted molar refractivity (Wildman–Crippen MR) is 165 cm³/mol. The lowest BCUT2D eigenvalue weighted by atomic mass is 9.91. The van der Waals surface area contributed by atoms with Gasteiger partial charge in [0.15, 0.2) is 5.03 Å². The second-order valence-corrected chi connectivity index (χ2v) is 12.9. The molecule has 4 aromatic rings. The number of carbonyl (C=O) groups is 2. The molecule has 0 bridgehead atoms. The normalized spacial score (nSPS) is 17.0. The molecule has 2 aromatic carbocycles. The van der Waals surface area contributed by atoms with E-state index < -0.39 is 33.4 Å². The van der Waals surface area contributed by atoms with Crippen LogP contribution in [0, 0.1) is 0 Å². The minimum Gasteiger partial charge on any atom is -0.395 e. The monoisotopic (exact) mass is 658 g/mol. The molecule has 44 heavy (non-hydrogen) atoms. The lowest BCUT2D eigenvalue weighted by Crippen LogP contribution is -2.47. The van der Waals surface area contributed by atoms with Crippen molar-refractivity contribution in [2.75, 3.05) is 23.8 Å². The number of aliphatic hydroxyl groups is 1. The average Bonchev–Trinajstić information content (AvgIpc) is 3.50. The smallest absolute Gasteiger partial charge is 0.260 e. The first-order chi connectivity index (χ1) is 20.9. The number of fused-ring (bicyclic) bond motifs is 1. The van der Waals surface area contributed by atoms with Gasteiger partial charge < -0.3 is 16.2 Å². The van der Waals surface area contributed by atoms with Crippen molar-refractivity contribution in [3.63, 3.8) is 0 Å². The molecule has 0 radical (unpaired) electrons. The van der Waals surface area contributed by atoms with E-state index in [9.17, 15) is 18.0 Å². The number of carbonyl (C=O) groups excluding carboxylic acids is 2. The third kappa shape index (κ3) is 5.86. The van der Waals surface area contributed by atoms with Gasteiger partial charge in [-0.1, -0.05) is 47.5 Å². The van der Waals surface area contributed by atoms with Crippen LogP contribution in [0.3, 0.4) is 0 Å². The highest BCUT2D eigenvalue weighted by atomic mass is 35.5. The maximum atomic E-state index is 14.3. The van der Waals surface area contributed by atoms with E-state index >= 15 is 0 Å². The molecule has 16 heteroatoms. The minimum absolute atomic E-state index is 0.0272. The summed E-state index contributed by atoms with van der Waals surface area (Å²) in [6.45, 7) is 2.63. The number of aromatic nitrogens is 4.